The fourth-order valence-electron chi connectivity index (χ4n) is 1.85. The molecular weight excluding hydrogens is 261 g/mol. The first kappa shape index (κ1) is 14.2. The van der Waals surface area contributed by atoms with Crippen LogP contribution in [0.25, 0.3) is 0 Å². The van der Waals surface area contributed by atoms with Gasteiger partial charge in [0.05, 0.1) is 14.2 Å². The zero-order valence-corrected chi connectivity index (χ0v) is 11.3. The van der Waals surface area contributed by atoms with Gasteiger partial charge in [-0.2, -0.15) is 0 Å². The van der Waals surface area contributed by atoms with Crippen LogP contribution in [0.3, 0.4) is 0 Å². The van der Waals surface area contributed by atoms with Crippen LogP contribution in [0.4, 0.5) is 4.39 Å². The summed E-state index contributed by atoms with van der Waals surface area (Å²) >= 11 is 0. The smallest absolute Gasteiger partial charge is 0.216 e. The molecule has 1 unspecified atom stereocenters. The van der Waals surface area contributed by atoms with E-state index in [-0.39, 0.29) is 11.8 Å². The Labute approximate surface area is 116 Å². The number of halogens is 1. The molecule has 2 aromatic rings. The summed E-state index contributed by atoms with van der Waals surface area (Å²) in [5.74, 6) is 0.254. The van der Waals surface area contributed by atoms with E-state index < -0.39 is 5.82 Å². The molecule has 0 aliphatic carbocycles. The number of benzene rings is 1. The van der Waals surface area contributed by atoms with Gasteiger partial charge in [0.1, 0.15) is 6.33 Å². The predicted molar refractivity (Wildman–Crippen MR) is 72.2 cm³/mol. The number of ether oxygens (including phenoxy) is 2. The summed E-state index contributed by atoms with van der Waals surface area (Å²) in [5.41, 5.74) is 7.65. The van der Waals surface area contributed by atoms with Gasteiger partial charge in [0.25, 0.3) is 0 Å². The molecule has 2 rings (SSSR count). The van der Waals surface area contributed by atoms with Crippen molar-refractivity contribution in [2.24, 2.45) is 5.73 Å². The van der Waals surface area contributed by atoms with E-state index in [1.165, 1.54) is 26.6 Å². The van der Waals surface area contributed by atoms with Crippen molar-refractivity contribution in [3.05, 3.63) is 47.7 Å². The van der Waals surface area contributed by atoms with E-state index in [1.54, 1.807) is 18.2 Å². The van der Waals surface area contributed by atoms with Crippen LogP contribution in [-0.4, -0.2) is 24.2 Å². The molecule has 5 nitrogen and oxygen atoms in total. The van der Waals surface area contributed by atoms with Gasteiger partial charge in [0, 0.05) is 24.2 Å². The van der Waals surface area contributed by atoms with Crippen molar-refractivity contribution in [3.8, 4) is 11.6 Å². The number of methoxy groups -OCH3 is 2. The first-order chi connectivity index (χ1) is 9.63. The maximum absolute atomic E-state index is 13.4. The lowest BCUT2D eigenvalue weighted by atomic mass is 10.0. The summed E-state index contributed by atoms with van der Waals surface area (Å²) in [5, 5.41) is 0. The quantitative estimate of drug-likeness (QED) is 0.903. The Morgan fingerprint density at radius 3 is 2.70 bits per heavy atom. The largest absolute Gasteiger partial charge is 0.494 e. The second-order valence-electron chi connectivity index (χ2n) is 4.26. The maximum atomic E-state index is 13.4. The van der Waals surface area contributed by atoms with Gasteiger partial charge in [-0.05, 0) is 17.7 Å². The van der Waals surface area contributed by atoms with Crippen LogP contribution in [0.2, 0.25) is 0 Å². The second-order valence-corrected chi connectivity index (χ2v) is 4.26. The Morgan fingerprint density at radius 1 is 1.20 bits per heavy atom. The van der Waals surface area contributed by atoms with Gasteiger partial charge < -0.3 is 15.2 Å². The summed E-state index contributed by atoms with van der Waals surface area (Å²) in [7, 11) is 2.96. The Hall–Kier alpha value is -2.21. The topological polar surface area (TPSA) is 70.3 Å². The molecule has 0 fully saturated rings. The minimum Gasteiger partial charge on any atom is -0.494 e. The van der Waals surface area contributed by atoms with Crippen LogP contribution in [0.15, 0.2) is 30.6 Å². The molecule has 0 radical (unpaired) electrons. The molecule has 0 saturated carbocycles. The average Bonchev–Trinajstić information content (AvgIpc) is 2.47. The van der Waals surface area contributed by atoms with Gasteiger partial charge in [0.2, 0.25) is 5.88 Å². The monoisotopic (exact) mass is 277 g/mol. The molecule has 1 atom stereocenters. The molecule has 0 aliphatic rings. The third kappa shape index (κ3) is 3.21. The van der Waals surface area contributed by atoms with E-state index in [1.807, 2.05) is 0 Å². The second kappa shape index (κ2) is 6.29. The highest BCUT2D eigenvalue weighted by atomic mass is 19.1. The molecule has 6 heteroatoms. The molecule has 0 saturated heterocycles. The summed E-state index contributed by atoms with van der Waals surface area (Å²) < 4.78 is 23.3. The third-order valence-electron chi connectivity index (χ3n) is 2.94. The van der Waals surface area contributed by atoms with Gasteiger partial charge >= 0.3 is 0 Å². The minimum atomic E-state index is -0.410. The maximum Gasteiger partial charge on any atom is 0.216 e. The van der Waals surface area contributed by atoms with Gasteiger partial charge in [-0.3, -0.25) is 0 Å². The van der Waals surface area contributed by atoms with Crippen LogP contribution in [0.1, 0.15) is 17.3 Å². The van der Waals surface area contributed by atoms with Crippen LogP contribution in [-0.2, 0) is 6.42 Å². The zero-order valence-electron chi connectivity index (χ0n) is 11.3. The van der Waals surface area contributed by atoms with Crippen LogP contribution < -0.4 is 15.2 Å². The zero-order chi connectivity index (χ0) is 14.5. The lowest BCUT2D eigenvalue weighted by Gasteiger charge is -2.13. The van der Waals surface area contributed by atoms with Crippen molar-refractivity contribution >= 4 is 0 Å². The van der Waals surface area contributed by atoms with E-state index in [2.05, 4.69) is 9.97 Å². The van der Waals surface area contributed by atoms with E-state index in [0.717, 1.165) is 11.3 Å². The average molecular weight is 277 g/mol. The van der Waals surface area contributed by atoms with Crippen molar-refractivity contribution in [3.63, 3.8) is 0 Å². The normalized spacial score (nSPS) is 12.0. The number of hydrogen-bond acceptors (Lipinski definition) is 5. The number of nitrogens with two attached hydrogens (primary N) is 1. The number of rotatable bonds is 5. The summed E-state index contributed by atoms with van der Waals surface area (Å²) in [6.45, 7) is 0. The molecule has 1 aromatic carbocycles. The molecule has 1 aromatic heterocycles. The van der Waals surface area contributed by atoms with Crippen LogP contribution >= 0.6 is 0 Å². The highest BCUT2D eigenvalue weighted by molar-refractivity contribution is 5.32. The molecule has 20 heavy (non-hydrogen) atoms. The van der Waals surface area contributed by atoms with Crippen molar-refractivity contribution in [1.82, 2.24) is 9.97 Å². The molecule has 0 spiro atoms. The molecule has 2 N–H and O–H groups in total. The van der Waals surface area contributed by atoms with E-state index in [0.29, 0.717) is 12.3 Å². The third-order valence-corrected chi connectivity index (χ3v) is 2.94. The Balaban J connectivity index is 2.16. The SMILES string of the molecule is COc1cc(CC(N)c2ccc(F)c(OC)c2)ncn1. The van der Waals surface area contributed by atoms with Crippen LogP contribution in [0.5, 0.6) is 11.6 Å². The number of aromatic nitrogens is 2. The fourth-order valence-corrected chi connectivity index (χ4v) is 1.85. The van der Waals surface area contributed by atoms with Gasteiger partial charge in [-0.25, -0.2) is 14.4 Å². The van der Waals surface area contributed by atoms with Crippen molar-refractivity contribution in [1.29, 1.82) is 0 Å². The molecule has 106 valence electrons. The Kier molecular flexibility index (Phi) is 4.47. The minimum absolute atomic E-state index is 0.179. The molecule has 0 bridgehead atoms. The summed E-state index contributed by atoms with van der Waals surface area (Å²) in [6, 6.07) is 5.98. The first-order valence-corrected chi connectivity index (χ1v) is 6.08. The van der Waals surface area contributed by atoms with E-state index >= 15 is 0 Å². The van der Waals surface area contributed by atoms with Crippen molar-refractivity contribution in [2.75, 3.05) is 14.2 Å². The van der Waals surface area contributed by atoms with E-state index in [9.17, 15) is 4.39 Å². The summed E-state index contributed by atoms with van der Waals surface area (Å²) in [6.07, 6.45) is 1.92. The Bertz CT molecular complexity index is 592. The first-order valence-electron chi connectivity index (χ1n) is 6.08. The molecule has 0 amide bonds. The number of hydrogen-bond donors (Lipinski definition) is 1. The van der Waals surface area contributed by atoms with Crippen molar-refractivity contribution in [2.45, 2.75) is 12.5 Å². The lowest BCUT2D eigenvalue weighted by Crippen LogP contribution is -2.14. The van der Waals surface area contributed by atoms with E-state index in [4.69, 9.17) is 15.2 Å². The number of nitrogens with zero attached hydrogens (tertiary/aromatic N) is 2. The molecule has 0 aliphatic heterocycles. The summed E-state index contributed by atoms with van der Waals surface area (Å²) in [4.78, 5) is 8.07. The van der Waals surface area contributed by atoms with Crippen LogP contribution in [0, 0.1) is 5.82 Å². The lowest BCUT2D eigenvalue weighted by molar-refractivity contribution is 0.385. The van der Waals surface area contributed by atoms with Gasteiger partial charge in [0.15, 0.2) is 11.6 Å². The van der Waals surface area contributed by atoms with Gasteiger partial charge in [-0.1, -0.05) is 6.07 Å². The van der Waals surface area contributed by atoms with Crippen molar-refractivity contribution < 1.29 is 13.9 Å². The molecule has 1 heterocycles. The highest BCUT2D eigenvalue weighted by Gasteiger charge is 2.12. The molecular formula is C14H16FN3O2. The van der Waals surface area contributed by atoms with Gasteiger partial charge in [-0.15, -0.1) is 0 Å². The Morgan fingerprint density at radius 2 is 2.00 bits per heavy atom. The highest BCUT2D eigenvalue weighted by Crippen LogP contribution is 2.23. The standard InChI is InChI=1S/C14H16FN3O2/c1-19-13-5-9(3-4-11(13)15)12(16)6-10-7-14(20-2)18-8-17-10/h3-5,7-8,12H,6,16H2,1-2H3. The predicted octanol–water partition coefficient (Wildman–Crippen LogP) is 1.88. The fraction of sp³-hybridized carbons (Fsp3) is 0.286.